The van der Waals surface area contributed by atoms with Crippen molar-refractivity contribution in [2.45, 2.75) is 6.92 Å². The minimum atomic E-state index is -0.485. The summed E-state index contributed by atoms with van der Waals surface area (Å²) in [6.07, 6.45) is 0. The molecule has 0 saturated heterocycles. The molecule has 8 heteroatoms. The zero-order valence-corrected chi connectivity index (χ0v) is 12.3. The molecule has 1 aromatic heterocycles. The maximum Gasteiger partial charge on any atom is 0.287 e. The quantitative estimate of drug-likeness (QED) is 0.679. The first kappa shape index (κ1) is 14.2. The number of aromatic nitrogens is 2. The maximum atomic E-state index is 10.9. The van der Waals surface area contributed by atoms with Crippen molar-refractivity contribution in [3.05, 3.63) is 44.7 Å². The highest BCUT2D eigenvalue weighted by Gasteiger charge is 2.17. The number of ether oxygens (including phenoxy) is 1. The molecule has 1 N–H and O–H groups in total. The fourth-order valence-corrected chi connectivity index (χ4v) is 2.04. The normalized spacial score (nSPS) is 10.2. The third kappa shape index (κ3) is 3.02. The second-order valence-corrected chi connectivity index (χ2v) is 4.63. The Kier molecular flexibility index (Phi) is 4.14. The van der Waals surface area contributed by atoms with Crippen LogP contribution in [-0.4, -0.2) is 21.9 Å². The van der Waals surface area contributed by atoms with E-state index < -0.39 is 4.92 Å². The van der Waals surface area contributed by atoms with E-state index in [-0.39, 0.29) is 10.2 Å². The molecule has 0 radical (unpaired) electrons. The van der Waals surface area contributed by atoms with Crippen LogP contribution in [0, 0.1) is 17.0 Å². The van der Waals surface area contributed by atoms with Crippen molar-refractivity contribution in [3.63, 3.8) is 0 Å². The Morgan fingerprint density at radius 3 is 2.80 bits per heavy atom. The highest BCUT2D eigenvalue weighted by atomic mass is 79.9. The molecule has 0 amide bonds. The summed E-state index contributed by atoms with van der Waals surface area (Å²) in [5.41, 5.74) is -0.0675. The van der Waals surface area contributed by atoms with Gasteiger partial charge in [-0.25, -0.2) is 4.98 Å². The first-order valence-corrected chi connectivity index (χ1v) is 6.44. The van der Waals surface area contributed by atoms with Crippen molar-refractivity contribution < 1.29 is 9.66 Å². The second-order valence-electron chi connectivity index (χ2n) is 3.84. The molecule has 0 spiro atoms. The van der Waals surface area contributed by atoms with Crippen LogP contribution < -0.4 is 10.1 Å². The van der Waals surface area contributed by atoms with Crippen molar-refractivity contribution in [2.24, 2.45) is 0 Å². The summed E-state index contributed by atoms with van der Waals surface area (Å²) < 4.78 is 5.85. The second kappa shape index (κ2) is 5.83. The van der Waals surface area contributed by atoms with Crippen LogP contribution in [0.5, 0.6) is 11.6 Å². The van der Waals surface area contributed by atoms with Gasteiger partial charge in [-0.1, -0.05) is 6.07 Å². The van der Waals surface area contributed by atoms with E-state index in [1.165, 1.54) is 6.07 Å². The molecule has 0 fully saturated rings. The zero-order chi connectivity index (χ0) is 14.7. The Balaban J connectivity index is 2.37. The number of nitrogens with one attached hydrogen (secondary N) is 1. The molecular formula is C12H11BrN4O3. The van der Waals surface area contributed by atoms with E-state index in [1.54, 1.807) is 32.2 Å². The summed E-state index contributed by atoms with van der Waals surface area (Å²) in [5, 5.41) is 13.8. The van der Waals surface area contributed by atoms with E-state index in [1.807, 2.05) is 0 Å². The Morgan fingerprint density at radius 1 is 1.40 bits per heavy atom. The molecule has 0 saturated carbocycles. The molecule has 0 aliphatic heterocycles. The molecular weight excluding hydrogens is 328 g/mol. The molecule has 104 valence electrons. The number of nitro groups is 1. The topological polar surface area (TPSA) is 90.2 Å². The Hall–Kier alpha value is -2.22. The predicted octanol–water partition coefficient (Wildman–Crippen LogP) is 3.29. The minimum absolute atomic E-state index is 0.0675. The number of hydrogen-bond acceptors (Lipinski definition) is 6. The SMILES string of the molecule is CNc1cc(Oc2cccc([N+](=O)[O-])c2Br)nc(C)n1. The molecule has 0 bridgehead atoms. The summed E-state index contributed by atoms with van der Waals surface area (Å²) in [4.78, 5) is 18.6. The third-order valence-electron chi connectivity index (χ3n) is 2.42. The van der Waals surface area contributed by atoms with E-state index in [4.69, 9.17) is 4.74 Å². The van der Waals surface area contributed by atoms with Crippen LogP contribution in [0.15, 0.2) is 28.7 Å². The first-order valence-electron chi connectivity index (χ1n) is 5.65. The van der Waals surface area contributed by atoms with Crippen LogP contribution in [0.1, 0.15) is 5.82 Å². The van der Waals surface area contributed by atoms with E-state index in [0.29, 0.717) is 23.3 Å². The lowest BCUT2D eigenvalue weighted by Crippen LogP contribution is -1.99. The van der Waals surface area contributed by atoms with Gasteiger partial charge in [-0.05, 0) is 28.9 Å². The lowest BCUT2D eigenvalue weighted by atomic mass is 10.3. The molecule has 0 atom stereocenters. The molecule has 20 heavy (non-hydrogen) atoms. The molecule has 7 nitrogen and oxygen atoms in total. The molecule has 0 aliphatic rings. The number of benzene rings is 1. The number of anilines is 1. The van der Waals surface area contributed by atoms with E-state index in [9.17, 15) is 10.1 Å². The summed E-state index contributed by atoms with van der Waals surface area (Å²) in [6, 6.07) is 6.16. The molecule has 0 unspecified atom stereocenters. The van der Waals surface area contributed by atoms with Gasteiger partial charge in [0.05, 0.1) is 4.92 Å². The lowest BCUT2D eigenvalue weighted by Gasteiger charge is -2.09. The largest absolute Gasteiger partial charge is 0.437 e. The summed E-state index contributed by atoms with van der Waals surface area (Å²) in [6.45, 7) is 1.73. The zero-order valence-electron chi connectivity index (χ0n) is 10.8. The smallest absolute Gasteiger partial charge is 0.287 e. The van der Waals surface area contributed by atoms with Crippen LogP contribution in [0.3, 0.4) is 0 Å². The van der Waals surface area contributed by atoms with E-state index >= 15 is 0 Å². The molecule has 1 aromatic carbocycles. The Labute approximate surface area is 123 Å². The van der Waals surface area contributed by atoms with Crippen molar-refractivity contribution in [3.8, 4) is 11.6 Å². The third-order valence-corrected chi connectivity index (χ3v) is 3.22. The van der Waals surface area contributed by atoms with Crippen molar-refractivity contribution in [1.82, 2.24) is 9.97 Å². The van der Waals surface area contributed by atoms with Gasteiger partial charge in [-0.15, -0.1) is 0 Å². The van der Waals surface area contributed by atoms with Crippen LogP contribution in [0.25, 0.3) is 0 Å². The van der Waals surface area contributed by atoms with E-state index in [2.05, 4.69) is 31.2 Å². The number of aryl methyl sites for hydroxylation is 1. The Morgan fingerprint density at radius 2 is 2.15 bits per heavy atom. The van der Waals surface area contributed by atoms with Crippen molar-refractivity contribution in [1.29, 1.82) is 0 Å². The standard InChI is InChI=1S/C12H11BrN4O3/c1-7-15-10(14-2)6-11(16-7)20-9-5-3-4-8(12(9)13)17(18)19/h3-6H,1-2H3,(H,14,15,16). The average molecular weight is 339 g/mol. The fraction of sp³-hybridized carbons (Fsp3) is 0.167. The lowest BCUT2D eigenvalue weighted by molar-refractivity contribution is -0.385. The van der Waals surface area contributed by atoms with Crippen LogP contribution in [0.2, 0.25) is 0 Å². The molecule has 2 aromatic rings. The molecule has 1 heterocycles. The van der Waals surface area contributed by atoms with Gasteiger partial charge in [0.1, 0.15) is 16.1 Å². The first-order chi connectivity index (χ1) is 9.51. The monoisotopic (exact) mass is 338 g/mol. The van der Waals surface area contributed by atoms with Gasteiger partial charge in [0.15, 0.2) is 5.75 Å². The number of halogens is 1. The number of nitrogens with zero attached hydrogens (tertiary/aromatic N) is 3. The summed E-state index contributed by atoms with van der Waals surface area (Å²) in [5.74, 6) is 1.77. The minimum Gasteiger partial charge on any atom is -0.437 e. The number of hydrogen-bond donors (Lipinski definition) is 1. The van der Waals surface area contributed by atoms with Gasteiger partial charge in [-0.3, -0.25) is 10.1 Å². The van der Waals surface area contributed by atoms with Crippen molar-refractivity contribution in [2.75, 3.05) is 12.4 Å². The highest BCUT2D eigenvalue weighted by molar-refractivity contribution is 9.10. The average Bonchev–Trinajstić information content (AvgIpc) is 2.40. The highest BCUT2D eigenvalue weighted by Crippen LogP contribution is 2.36. The van der Waals surface area contributed by atoms with Gasteiger partial charge in [0.2, 0.25) is 5.88 Å². The number of rotatable bonds is 4. The van der Waals surface area contributed by atoms with Crippen molar-refractivity contribution >= 4 is 27.4 Å². The fourth-order valence-electron chi connectivity index (χ4n) is 1.55. The Bertz CT molecular complexity index is 663. The molecule has 2 rings (SSSR count). The summed E-state index contributed by atoms with van der Waals surface area (Å²) in [7, 11) is 1.73. The van der Waals surface area contributed by atoms with Gasteiger partial charge in [-0.2, -0.15) is 4.98 Å². The van der Waals surface area contributed by atoms with Gasteiger partial charge >= 0.3 is 0 Å². The summed E-state index contributed by atoms with van der Waals surface area (Å²) >= 11 is 3.17. The van der Waals surface area contributed by atoms with E-state index in [0.717, 1.165) is 0 Å². The van der Waals surface area contributed by atoms with Gasteiger partial charge < -0.3 is 10.1 Å². The van der Waals surface area contributed by atoms with Gasteiger partial charge in [0.25, 0.3) is 5.69 Å². The van der Waals surface area contributed by atoms with Crippen LogP contribution in [0.4, 0.5) is 11.5 Å². The van der Waals surface area contributed by atoms with Crippen LogP contribution >= 0.6 is 15.9 Å². The number of nitro benzene ring substituents is 1. The van der Waals surface area contributed by atoms with Crippen LogP contribution in [-0.2, 0) is 0 Å². The maximum absolute atomic E-state index is 10.9. The van der Waals surface area contributed by atoms with Gasteiger partial charge in [0, 0.05) is 19.2 Å². The molecule has 0 aliphatic carbocycles. The predicted molar refractivity (Wildman–Crippen MR) is 77.2 cm³/mol.